The van der Waals surface area contributed by atoms with E-state index in [1.165, 1.54) is 5.56 Å². The third kappa shape index (κ3) is 3.87. The van der Waals surface area contributed by atoms with Crippen LogP contribution in [0.3, 0.4) is 0 Å². The number of piperidine rings is 1. The number of nitrogens with zero attached hydrogens (tertiary/aromatic N) is 2. The minimum absolute atomic E-state index is 0.248. The second-order valence-corrected chi connectivity index (χ2v) is 6.81. The van der Waals surface area contributed by atoms with E-state index in [1.54, 1.807) is 0 Å². The van der Waals surface area contributed by atoms with E-state index >= 15 is 0 Å². The predicted molar refractivity (Wildman–Crippen MR) is 88.4 cm³/mol. The van der Waals surface area contributed by atoms with E-state index in [4.69, 9.17) is 0 Å². The molecule has 0 aliphatic carbocycles. The fourth-order valence-electron chi connectivity index (χ4n) is 3.46. The number of likely N-dealkylation sites (tertiary alicyclic amines) is 1. The number of benzene rings is 1. The average molecular weight is 301 g/mol. The molecule has 2 saturated heterocycles. The first kappa shape index (κ1) is 15.5. The summed E-state index contributed by atoms with van der Waals surface area (Å²) < 4.78 is 0. The molecule has 1 aromatic rings. The van der Waals surface area contributed by atoms with Gasteiger partial charge in [-0.05, 0) is 31.4 Å². The summed E-state index contributed by atoms with van der Waals surface area (Å²) >= 11 is 0. The third-order valence-electron chi connectivity index (χ3n) is 4.92. The lowest BCUT2D eigenvalue weighted by Crippen LogP contribution is -2.53. The highest BCUT2D eigenvalue weighted by molar-refractivity contribution is 5.80. The van der Waals surface area contributed by atoms with Crippen molar-refractivity contribution in [1.29, 1.82) is 0 Å². The Morgan fingerprint density at radius 3 is 2.50 bits per heavy atom. The molecule has 0 unspecified atom stereocenters. The summed E-state index contributed by atoms with van der Waals surface area (Å²) in [4.78, 5) is 16.7. The number of amides is 1. The molecule has 1 N–H and O–H groups in total. The maximum atomic E-state index is 12.2. The van der Waals surface area contributed by atoms with Gasteiger partial charge < -0.3 is 15.1 Å². The molecule has 1 aromatic carbocycles. The van der Waals surface area contributed by atoms with Crippen molar-refractivity contribution < 1.29 is 4.79 Å². The van der Waals surface area contributed by atoms with E-state index in [0.29, 0.717) is 5.91 Å². The lowest BCUT2D eigenvalue weighted by molar-refractivity contribution is -0.138. The Labute approximate surface area is 133 Å². The van der Waals surface area contributed by atoms with Crippen molar-refractivity contribution in [3.05, 3.63) is 35.9 Å². The summed E-state index contributed by atoms with van der Waals surface area (Å²) in [7, 11) is 2.20. The maximum absolute atomic E-state index is 12.2. The van der Waals surface area contributed by atoms with Crippen molar-refractivity contribution in [2.75, 3.05) is 39.8 Å². The van der Waals surface area contributed by atoms with Gasteiger partial charge in [0.25, 0.3) is 0 Å². The minimum Gasteiger partial charge on any atom is -0.342 e. The standard InChI is InChI=1S/C18H27N3O/c1-20(13-15-5-3-2-4-6-15)14-16-7-9-21(10-8-16)18(22)17-11-19-12-17/h2-6,16-17,19H,7-14H2,1H3. The van der Waals surface area contributed by atoms with Crippen LogP contribution < -0.4 is 5.32 Å². The Morgan fingerprint density at radius 2 is 1.91 bits per heavy atom. The molecule has 2 fully saturated rings. The van der Waals surface area contributed by atoms with Gasteiger partial charge in [0.1, 0.15) is 0 Å². The summed E-state index contributed by atoms with van der Waals surface area (Å²) in [5.41, 5.74) is 1.37. The van der Waals surface area contributed by atoms with Crippen LogP contribution >= 0.6 is 0 Å². The van der Waals surface area contributed by atoms with Crippen LogP contribution in [0.15, 0.2) is 30.3 Å². The van der Waals surface area contributed by atoms with Gasteiger partial charge in [-0.1, -0.05) is 30.3 Å². The Morgan fingerprint density at radius 1 is 1.23 bits per heavy atom. The molecule has 0 saturated carbocycles. The van der Waals surface area contributed by atoms with Gasteiger partial charge in [-0.15, -0.1) is 0 Å². The zero-order valence-electron chi connectivity index (χ0n) is 13.5. The summed E-state index contributed by atoms with van der Waals surface area (Å²) in [6.07, 6.45) is 2.29. The number of hydrogen-bond donors (Lipinski definition) is 1. The van der Waals surface area contributed by atoms with E-state index < -0.39 is 0 Å². The van der Waals surface area contributed by atoms with Gasteiger partial charge in [-0.3, -0.25) is 4.79 Å². The van der Waals surface area contributed by atoms with Crippen LogP contribution in [0.4, 0.5) is 0 Å². The van der Waals surface area contributed by atoms with Crippen molar-refractivity contribution in [2.24, 2.45) is 11.8 Å². The topological polar surface area (TPSA) is 35.6 Å². The molecule has 0 aromatic heterocycles. The van der Waals surface area contributed by atoms with Crippen LogP contribution in [0.1, 0.15) is 18.4 Å². The molecule has 4 nitrogen and oxygen atoms in total. The molecule has 1 amide bonds. The predicted octanol–water partition coefficient (Wildman–Crippen LogP) is 1.58. The molecule has 22 heavy (non-hydrogen) atoms. The van der Waals surface area contributed by atoms with Gasteiger partial charge in [-0.25, -0.2) is 0 Å². The molecule has 2 heterocycles. The van der Waals surface area contributed by atoms with E-state index in [0.717, 1.165) is 58.0 Å². The highest BCUT2D eigenvalue weighted by atomic mass is 16.2. The first-order valence-electron chi connectivity index (χ1n) is 8.44. The van der Waals surface area contributed by atoms with E-state index in [-0.39, 0.29) is 5.92 Å². The molecule has 2 aliphatic rings. The Balaban J connectivity index is 1.40. The zero-order chi connectivity index (χ0) is 15.4. The Bertz CT molecular complexity index is 478. The molecule has 4 heteroatoms. The first-order valence-corrected chi connectivity index (χ1v) is 8.44. The fourth-order valence-corrected chi connectivity index (χ4v) is 3.46. The van der Waals surface area contributed by atoms with Gasteiger partial charge in [0.2, 0.25) is 5.91 Å². The fraction of sp³-hybridized carbons (Fsp3) is 0.611. The molecule has 0 atom stereocenters. The van der Waals surface area contributed by atoms with Crippen LogP contribution in [0.5, 0.6) is 0 Å². The van der Waals surface area contributed by atoms with Crippen molar-refractivity contribution in [2.45, 2.75) is 19.4 Å². The molecule has 120 valence electrons. The number of carbonyl (C=O) groups excluding carboxylic acids is 1. The molecule has 0 bridgehead atoms. The van der Waals surface area contributed by atoms with Crippen molar-refractivity contribution in [3.63, 3.8) is 0 Å². The van der Waals surface area contributed by atoms with E-state index in [2.05, 4.69) is 52.5 Å². The van der Waals surface area contributed by atoms with Crippen molar-refractivity contribution in [3.8, 4) is 0 Å². The second-order valence-electron chi connectivity index (χ2n) is 6.81. The van der Waals surface area contributed by atoms with Crippen LogP contribution in [0, 0.1) is 11.8 Å². The second kappa shape index (κ2) is 7.25. The molecule has 2 aliphatic heterocycles. The van der Waals surface area contributed by atoms with Gasteiger partial charge in [0.05, 0.1) is 5.92 Å². The smallest absolute Gasteiger partial charge is 0.228 e. The molecule has 3 rings (SSSR count). The summed E-state index contributed by atoms with van der Waals surface area (Å²) in [5.74, 6) is 1.34. The number of nitrogens with one attached hydrogen (secondary N) is 1. The lowest BCUT2D eigenvalue weighted by Gasteiger charge is -2.37. The van der Waals surface area contributed by atoms with Crippen LogP contribution in [0.25, 0.3) is 0 Å². The lowest BCUT2D eigenvalue weighted by atomic mass is 9.94. The van der Waals surface area contributed by atoms with Gasteiger partial charge >= 0.3 is 0 Å². The summed E-state index contributed by atoms with van der Waals surface area (Å²) in [5, 5.41) is 3.19. The average Bonchev–Trinajstić information content (AvgIpc) is 2.47. The summed E-state index contributed by atoms with van der Waals surface area (Å²) in [6.45, 7) is 5.77. The summed E-state index contributed by atoms with van der Waals surface area (Å²) in [6, 6.07) is 10.6. The Kier molecular flexibility index (Phi) is 5.11. The third-order valence-corrected chi connectivity index (χ3v) is 4.92. The monoisotopic (exact) mass is 301 g/mol. The quantitative estimate of drug-likeness (QED) is 0.897. The van der Waals surface area contributed by atoms with Crippen molar-refractivity contribution in [1.82, 2.24) is 15.1 Å². The van der Waals surface area contributed by atoms with Crippen LogP contribution in [-0.2, 0) is 11.3 Å². The number of carbonyl (C=O) groups is 1. The van der Waals surface area contributed by atoms with Gasteiger partial charge in [0, 0.05) is 39.3 Å². The van der Waals surface area contributed by atoms with E-state index in [1.807, 2.05) is 0 Å². The highest BCUT2D eigenvalue weighted by Gasteiger charge is 2.31. The number of rotatable bonds is 5. The maximum Gasteiger partial charge on any atom is 0.228 e. The van der Waals surface area contributed by atoms with E-state index in [9.17, 15) is 4.79 Å². The SMILES string of the molecule is CN(Cc1ccccc1)CC1CCN(C(=O)C2CNC2)CC1. The highest BCUT2D eigenvalue weighted by Crippen LogP contribution is 2.21. The minimum atomic E-state index is 0.248. The first-order chi connectivity index (χ1) is 10.7. The normalized spacial score (nSPS) is 20.2. The van der Waals surface area contributed by atoms with Crippen molar-refractivity contribution >= 4 is 5.91 Å². The van der Waals surface area contributed by atoms with Gasteiger partial charge in [-0.2, -0.15) is 0 Å². The largest absolute Gasteiger partial charge is 0.342 e. The Hall–Kier alpha value is -1.39. The van der Waals surface area contributed by atoms with Gasteiger partial charge in [0.15, 0.2) is 0 Å². The molecule has 0 spiro atoms. The van der Waals surface area contributed by atoms with Crippen LogP contribution in [-0.4, -0.2) is 55.5 Å². The molecular weight excluding hydrogens is 274 g/mol. The molecule has 0 radical (unpaired) electrons. The molecular formula is C18H27N3O. The number of hydrogen-bond acceptors (Lipinski definition) is 3. The zero-order valence-corrected chi connectivity index (χ0v) is 13.5. The van der Waals surface area contributed by atoms with Crippen LogP contribution in [0.2, 0.25) is 0 Å².